The summed E-state index contributed by atoms with van der Waals surface area (Å²) in [4.78, 5) is 10.5. The molecule has 0 saturated carbocycles. The number of hydrazine groups is 1. The van der Waals surface area contributed by atoms with E-state index in [1.54, 1.807) is 7.11 Å². The van der Waals surface area contributed by atoms with Crippen molar-refractivity contribution in [2.24, 2.45) is 5.84 Å². The molecule has 0 aromatic carbocycles. The highest BCUT2D eigenvalue weighted by atomic mass is 16.5. The lowest BCUT2D eigenvalue weighted by Gasteiger charge is -2.18. The molecule has 1 aromatic heterocycles. The van der Waals surface area contributed by atoms with Crippen molar-refractivity contribution in [1.82, 2.24) is 14.9 Å². The number of nitrogens with zero attached hydrogens (tertiary/aromatic N) is 3. The molecule has 0 bridgehead atoms. The summed E-state index contributed by atoms with van der Waals surface area (Å²) in [5.74, 6) is 7.04. The number of nitrogens with two attached hydrogens (primary N) is 1. The van der Waals surface area contributed by atoms with Gasteiger partial charge >= 0.3 is 0 Å². The number of ether oxygens (including phenoxy) is 1. The highest BCUT2D eigenvalue weighted by Gasteiger charge is 2.10. The first-order valence-electron chi connectivity index (χ1n) is 6.58. The first kappa shape index (κ1) is 15.5. The average molecular weight is 268 g/mol. The van der Waals surface area contributed by atoms with Crippen molar-refractivity contribution >= 4 is 11.6 Å². The van der Waals surface area contributed by atoms with Gasteiger partial charge in [-0.2, -0.15) is 0 Å². The minimum absolute atomic E-state index is 0.476. The van der Waals surface area contributed by atoms with Gasteiger partial charge in [-0.15, -0.1) is 0 Å². The minimum atomic E-state index is 0.476. The highest BCUT2D eigenvalue weighted by Crippen LogP contribution is 2.27. The Balaban J connectivity index is 2.49. The lowest BCUT2D eigenvalue weighted by atomic mass is 10.3. The van der Waals surface area contributed by atoms with E-state index in [2.05, 4.69) is 39.5 Å². The van der Waals surface area contributed by atoms with E-state index in [1.165, 1.54) is 6.33 Å². The zero-order chi connectivity index (χ0) is 14.1. The van der Waals surface area contributed by atoms with E-state index in [9.17, 15) is 0 Å². The molecular formula is C12H24N6O. The molecule has 0 spiro atoms. The smallest absolute Gasteiger partial charge is 0.205 e. The van der Waals surface area contributed by atoms with Gasteiger partial charge in [0, 0.05) is 6.54 Å². The van der Waals surface area contributed by atoms with Crippen LogP contribution >= 0.6 is 0 Å². The molecule has 0 amide bonds. The fraction of sp³-hybridized carbons (Fsp3) is 0.667. The fourth-order valence-electron chi connectivity index (χ4n) is 1.85. The van der Waals surface area contributed by atoms with Crippen molar-refractivity contribution < 1.29 is 4.74 Å². The zero-order valence-corrected chi connectivity index (χ0v) is 11.9. The monoisotopic (exact) mass is 268 g/mol. The van der Waals surface area contributed by atoms with Crippen LogP contribution in [0.5, 0.6) is 5.75 Å². The third-order valence-corrected chi connectivity index (χ3v) is 2.98. The number of hydrogen-bond acceptors (Lipinski definition) is 7. The van der Waals surface area contributed by atoms with Gasteiger partial charge < -0.3 is 20.4 Å². The lowest BCUT2D eigenvalue weighted by molar-refractivity contribution is 0.303. The number of aromatic nitrogens is 2. The number of rotatable bonds is 9. The summed E-state index contributed by atoms with van der Waals surface area (Å²) in [6, 6.07) is 0. The third kappa shape index (κ3) is 4.53. The van der Waals surface area contributed by atoms with Crippen LogP contribution in [0.25, 0.3) is 0 Å². The topological polar surface area (TPSA) is 88.3 Å². The van der Waals surface area contributed by atoms with Crippen molar-refractivity contribution in [3.05, 3.63) is 6.33 Å². The van der Waals surface area contributed by atoms with E-state index in [1.807, 2.05) is 0 Å². The molecule has 7 heteroatoms. The summed E-state index contributed by atoms with van der Waals surface area (Å²) >= 11 is 0. The van der Waals surface area contributed by atoms with Crippen molar-refractivity contribution in [1.29, 1.82) is 0 Å². The van der Waals surface area contributed by atoms with Crippen LogP contribution in [-0.2, 0) is 0 Å². The van der Waals surface area contributed by atoms with Crippen LogP contribution in [0.15, 0.2) is 6.33 Å². The third-order valence-electron chi connectivity index (χ3n) is 2.98. The van der Waals surface area contributed by atoms with Gasteiger partial charge in [-0.3, -0.25) is 0 Å². The van der Waals surface area contributed by atoms with E-state index in [0.717, 1.165) is 32.6 Å². The van der Waals surface area contributed by atoms with Crippen molar-refractivity contribution in [2.45, 2.75) is 20.3 Å². The van der Waals surface area contributed by atoms with Gasteiger partial charge in [0.25, 0.3) is 0 Å². The van der Waals surface area contributed by atoms with E-state index < -0.39 is 0 Å². The number of anilines is 2. The predicted molar refractivity (Wildman–Crippen MR) is 77.3 cm³/mol. The van der Waals surface area contributed by atoms with E-state index in [-0.39, 0.29) is 0 Å². The Morgan fingerprint density at radius 2 is 1.95 bits per heavy atom. The summed E-state index contributed by atoms with van der Waals surface area (Å²) in [7, 11) is 1.57. The molecule has 1 heterocycles. The molecule has 108 valence electrons. The molecule has 4 N–H and O–H groups in total. The molecular weight excluding hydrogens is 244 g/mol. The summed E-state index contributed by atoms with van der Waals surface area (Å²) in [5.41, 5.74) is 2.49. The molecule has 0 radical (unpaired) electrons. The van der Waals surface area contributed by atoms with Crippen LogP contribution in [0.4, 0.5) is 11.6 Å². The van der Waals surface area contributed by atoms with Gasteiger partial charge in [0.15, 0.2) is 11.6 Å². The van der Waals surface area contributed by atoms with Gasteiger partial charge in [0.2, 0.25) is 5.75 Å². The Hall–Kier alpha value is -1.60. The van der Waals surface area contributed by atoms with Gasteiger partial charge in [-0.25, -0.2) is 15.8 Å². The number of nitrogen functional groups attached to an aromatic ring is 1. The maximum Gasteiger partial charge on any atom is 0.205 e. The number of methoxy groups -OCH3 is 1. The Morgan fingerprint density at radius 3 is 2.53 bits per heavy atom. The molecule has 0 atom stereocenters. The molecule has 0 aliphatic heterocycles. The van der Waals surface area contributed by atoms with E-state index >= 15 is 0 Å². The van der Waals surface area contributed by atoms with Crippen LogP contribution in [0.1, 0.15) is 20.3 Å². The summed E-state index contributed by atoms with van der Waals surface area (Å²) < 4.78 is 5.25. The van der Waals surface area contributed by atoms with Crippen molar-refractivity contribution in [2.75, 3.05) is 44.0 Å². The molecule has 0 aliphatic rings. The second kappa shape index (κ2) is 8.49. The standard InChI is InChI=1S/C12H24N6O/c1-4-18(5-2)8-6-7-14-11-10(19-3)12(17-13)16-9-15-11/h9H,4-8,13H2,1-3H3,(H2,14,15,16,17). The first-order valence-corrected chi connectivity index (χ1v) is 6.58. The number of nitrogens with one attached hydrogen (secondary N) is 2. The predicted octanol–water partition coefficient (Wildman–Crippen LogP) is 0.915. The zero-order valence-electron chi connectivity index (χ0n) is 11.9. The van der Waals surface area contributed by atoms with Crippen LogP contribution in [0.3, 0.4) is 0 Å². The summed E-state index contributed by atoms with van der Waals surface area (Å²) in [5, 5.41) is 3.24. The van der Waals surface area contributed by atoms with Crippen LogP contribution < -0.4 is 21.3 Å². The molecule has 7 nitrogen and oxygen atoms in total. The normalized spacial score (nSPS) is 10.6. The minimum Gasteiger partial charge on any atom is -0.490 e. The van der Waals surface area contributed by atoms with Crippen LogP contribution in [0, 0.1) is 0 Å². The lowest BCUT2D eigenvalue weighted by Crippen LogP contribution is -2.25. The largest absolute Gasteiger partial charge is 0.490 e. The summed E-state index contributed by atoms with van der Waals surface area (Å²) in [6.07, 6.45) is 2.49. The average Bonchev–Trinajstić information content (AvgIpc) is 2.46. The second-order valence-corrected chi connectivity index (χ2v) is 4.06. The second-order valence-electron chi connectivity index (χ2n) is 4.06. The van der Waals surface area contributed by atoms with E-state index in [4.69, 9.17) is 10.6 Å². The molecule has 0 fully saturated rings. The molecule has 0 aliphatic carbocycles. The Kier molecular flexibility index (Phi) is 6.91. The Bertz CT molecular complexity index is 369. The van der Waals surface area contributed by atoms with Crippen molar-refractivity contribution in [3.63, 3.8) is 0 Å². The van der Waals surface area contributed by atoms with Gasteiger partial charge in [0.05, 0.1) is 7.11 Å². The van der Waals surface area contributed by atoms with Gasteiger partial charge in [-0.1, -0.05) is 13.8 Å². The molecule has 0 unspecified atom stereocenters. The van der Waals surface area contributed by atoms with Crippen LogP contribution in [-0.4, -0.2) is 48.2 Å². The quantitative estimate of drug-likeness (QED) is 0.348. The molecule has 0 saturated heterocycles. The SMILES string of the molecule is CCN(CC)CCCNc1ncnc(NN)c1OC. The number of hydrogen-bond donors (Lipinski definition) is 3. The fourth-order valence-corrected chi connectivity index (χ4v) is 1.85. The summed E-state index contributed by atoms with van der Waals surface area (Å²) in [6.45, 7) is 8.39. The maximum atomic E-state index is 5.37. The molecule has 19 heavy (non-hydrogen) atoms. The Morgan fingerprint density at radius 1 is 1.26 bits per heavy atom. The van der Waals surface area contributed by atoms with Crippen molar-refractivity contribution in [3.8, 4) is 5.75 Å². The Labute approximate surface area is 114 Å². The first-order chi connectivity index (χ1) is 9.26. The van der Waals surface area contributed by atoms with Gasteiger partial charge in [0.1, 0.15) is 6.33 Å². The molecule has 1 rings (SSSR count). The highest BCUT2D eigenvalue weighted by molar-refractivity contribution is 5.62. The maximum absolute atomic E-state index is 5.37. The van der Waals surface area contributed by atoms with Gasteiger partial charge in [-0.05, 0) is 26.1 Å². The van der Waals surface area contributed by atoms with E-state index in [0.29, 0.717) is 17.4 Å². The molecule has 1 aromatic rings. The van der Waals surface area contributed by atoms with Crippen LogP contribution in [0.2, 0.25) is 0 Å².